The summed E-state index contributed by atoms with van der Waals surface area (Å²) in [6, 6.07) is 1.69. The van der Waals surface area contributed by atoms with Gasteiger partial charge in [0.1, 0.15) is 5.69 Å². The number of amides is 1. The minimum atomic E-state index is 0.0246. The second-order valence-electron chi connectivity index (χ2n) is 5.52. The maximum Gasteiger partial charge on any atom is 0.270 e. The number of aromatic amines is 1. The highest BCUT2D eigenvalue weighted by Crippen LogP contribution is 2.31. The molecule has 0 bridgehead atoms. The summed E-state index contributed by atoms with van der Waals surface area (Å²) in [5.74, 6) is 0.377. The highest BCUT2D eigenvalue weighted by molar-refractivity contribution is 7.11. The van der Waals surface area contributed by atoms with Crippen molar-refractivity contribution >= 4 is 28.8 Å². The molecule has 2 aromatic rings. The number of carbonyl (C=O) groups is 1. The predicted molar refractivity (Wildman–Crippen MR) is 85.3 cm³/mol. The van der Waals surface area contributed by atoms with Gasteiger partial charge in [0, 0.05) is 30.1 Å². The van der Waals surface area contributed by atoms with Gasteiger partial charge in [-0.05, 0) is 32.8 Å². The molecule has 0 saturated carbocycles. The van der Waals surface area contributed by atoms with Crippen LogP contribution in [-0.2, 0) is 0 Å². The first kappa shape index (κ1) is 14.6. The summed E-state index contributed by atoms with van der Waals surface area (Å²) in [5.41, 5.74) is 1.67. The van der Waals surface area contributed by atoms with E-state index in [9.17, 15) is 4.79 Å². The zero-order valence-corrected chi connectivity index (χ0v) is 13.7. The first-order valence-electron chi connectivity index (χ1n) is 7.11. The topological polar surface area (TPSA) is 49.0 Å². The molecule has 0 aliphatic carbocycles. The fourth-order valence-corrected chi connectivity index (χ4v) is 3.91. The van der Waals surface area contributed by atoms with Crippen LogP contribution in [0.25, 0.3) is 0 Å². The fourth-order valence-electron chi connectivity index (χ4n) is 2.70. The molecule has 1 saturated heterocycles. The van der Waals surface area contributed by atoms with Gasteiger partial charge in [0.15, 0.2) is 0 Å². The van der Waals surface area contributed by atoms with Gasteiger partial charge in [-0.1, -0.05) is 11.6 Å². The van der Waals surface area contributed by atoms with Crippen molar-refractivity contribution < 1.29 is 4.79 Å². The molecule has 2 aromatic heterocycles. The standard InChI is InChI=1S/C15H18ClN3OS/c1-9-10(2)21-14(18-9)11-4-3-5-19(8-11)15(20)13-6-12(16)7-17-13/h6-7,11,17H,3-5,8H2,1-2H3/t11-/m0/s1. The van der Waals surface area contributed by atoms with Crippen LogP contribution in [0.5, 0.6) is 0 Å². The number of hydrogen-bond donors (Lipinski definition) is 1. The first-order valence-corrected chi connectivity index (χ1v) is 8.31. The normalized spacial score (nSPS) is 19.0. The average molecular weight is 324 g/mol. The minimum Gasteiger partial charge on any atom is -0.356 e. The molecule has 1 atom stereocenters. The van der Waals surface area contributed by atoms with Gasteiger partial charge in [0.05, 0.1) is 15.7 Å². The summed E-state index contributed by atoms with van der Waals surface area (Å²) in [6.07, 6.45) is 3.76. The quantitative estimate of drug-likeness (QED) is 0.914. The molecule has 0 unspecified atom stereocenters. The maximum atomic E-state index is 12.5. The molecular formula is C15H18ClN3OS. The molecular weight excluding hydrogens is 306 g/mol. The third-order valence-corrected chi connectivity index (χ3v) is 5.43. The number of aryl methyl sites for hydroxylation is 2. The molecule has 1 N–H and O–H groups in total. The summed E-state index contributed by atoms with van der Waals surface area (Å²) in [7, 11) is 0. The van der Waals surface area contributed by atoms with Gasteiger partial charge >= 0.3 is 0 Å². The fraction of sp³-hybridized carbons (Fsp3) is 0.467. The number of H-pyrrole nitrogens is 1. The van der Waals surface area contributed by atoms with Gasteiger partial charge in [0.2, 0.25) is 0 Å². The predicted octanol–water partition coefficient (Wildman–Crippen LogP) is 3.76. The number of carbonyl (C=O) groups excluding carboxylic acids is 1. The smallest absolute Gasteiger partial charge is 0.270 e. The third-order valence-electron chi connectivity index (χ3n) is 3.98. The molecule has 1 amide bonds. The van der Waals surface area contributed by atoms with Crippen LogP contribution in [0.1, 0.15) is 44.8 Å². The van der Waals surface area contributed by atoms with E-state index in [0.717, 1.165) is 36.6 Å². The Morgan fingerprint density at radius 3 is 2.95 bits per heavy atom. The Morgan fingerprint density at radius 2 is 2.33 bits per heavy atom. The van der Waals surface area contributed by atoms with Gasteiger partial charge < -0.3 is 9.88 Å². The first-order chi connectivity index (χ1) is 10.0. The van der Waals surface area contributed by atoms with E-state index >= 15 is 0 Å². The Bertz CT molecular complexity index is 644. The molecule has 4 nitrogen and oxygen atoms in total. The molecule has 1 fully saturated rings. The van der Waals surface area contributed by atoms with Crippen molar-refractivity contribution in [1.29, 1.82) is 0 Å². The van der Waals surface area contributed by atoms with E-state index in [0.29, 0.717) is 16.6 Å². The number of thiazole rings is 1. The van der Waals surface area contributed by atoms with Crippen LogP contribution in [0.4, 0.5) is 0 Å². The lowest BCUT2D eigenvalue weighted by Gasteiger charge is -2.31. The molecule has 0 aromatic carbocycles. The minimum absolute atomic E-state index is 0.0246. The molecule has 21 heavy (non-hydrogen) atoms. The Morgan fingerprint density at radius 1 is 1.52 bits per heavy atom. The van der Waals surface area contributed by atoms with Gasteiger partial charge in [-0.3, -0.25) is 4.79 Å². The third kappa shape index (κ3) is 2.99. The van der Waals surface area contributed by atoms with E-state index in [1.165, 1.54) is 4.88 Å². The lowest BCUT2D eigenvalue weighted by atomic mass is 9.98. The number of likely N-dealkylation sites (tertiary alicyclic amines) is 1. The van der Waals surface area contributed by atoms with Crippen molar-refractivity contribution in [1.82, 2.24) is 14.9 Å². The van der Waals surface area contributed by atoms with Crippen molar-refractivity contribution in [3.63, 3.8) is 0 Å². The second-order valence-corrected chi connectivity index (χ2v) is 7.19. The van der Waals surface area contributed by atoms with E-state index < -0.39 is 0 Å². The summed E-state index contributed by atoms with van der Waals surface area (Å²) < 4.78 is 0. The van der Waals surface area contributed by atoms with Crippen molar-refractivity contribution in [2.45, 2.75) is 32.6 Å². The van der Waals surface area contributed by atoms with Crippen LogP contribution in [-0.4, -0.2) is 33.9 Å². The number of halogens is 1. The summed E-state index contributed by atoms with van der Waals surface area (Å²) in [6.45, 7) is 5.68. The molecule has 3 heterocycles. The zero-order chi connectivity index (χ0) is 15.0. The van der Waals surface area contributed by atoms with Crippen LogP contribution < -0.4 is 0 Å². The van der Waals surface area contributed by atoms with E-state index in [2.05, 4.69) is 16.9 Å². The van der Waals surface area contributed by atoms with Gasteiger partial charge in [-0.2, -0.15) is 0 Å². The van der Waals surface area contributed by atoms with Gasteiger partial charge in [-0.15, -0.1) is 11.3 Å². The Hall–Kier alpha value is -1.33. The molecule has 3 rings (SSSR count). The highest BCUT2D eigenvalue weighted by Gasteiger charge is 2.28. The highest BCUT2D eigenvalue weighted by atomic mass is 35.5. The number of nitrogens with one attached hydrogen (secondary N) is 1. The number of piperidine rings is 1. The average Bonchev–Trinajstić information content (AvgIpc) is 3.05. The van der Waals surface area contributed by atoms with Gasteiger partial charge in [-0.25, -0.2) is 4.98 Å². The summed E-state index contributed by atoms with van der Waals surface area (Å²) in [5, 5.41) is 1.73. The molecule has 1 aliphatic rings. The number of hydrogen-bond acceptors (Lipinski definition) is 3. The van der Waals surface area contributed by atoms with E-state index in [-0.39, 0.29) is 5.91 Å². The van der Waals surface area contributed by atoms with E-state index in [1.54, 1.807) is 23.6 Å². The van der Waals surface area contributed by atoms with E-state index in [1.807, 2.05) is 11.8 Å². The number of rotatable bonds is 2. The Labute approximate surface area is 133 Å². The van der Waals surface area contributed by atoms with Crippen LogP contribution >= 0.6 is 22.9 Å². The van der Waals surface area contributed by atoms with Crippen LogP contribution in [0.3, 0.4) is 0 Å². The SMILES string of the molecule is Cc1nc([C@H]2CCCN(C(=O)c3cc(Cl)c[nH]3)C2)sc1C. The zero-order valence-electron chi connectivity index (χ0n) is 12.1. The van der Waals surface area contributed by atoms with Crippen molar-refractivity contribution in [2.24, 2.45) is 0 Å². The number of aromatic nitrogens is 2. The molecule has 112 valence electrons. The van der Waals surface area contributed by atoms with Crippen LogP contribution in [0.15, 0.2) is 12.3 Å². The lowest BCUT2D eigenvalue weighted by Crippen LogP contribution is -2.39. The van der Waals surface area contributed by atoms with Crippen molar-refractivity contribution in [3.05, 3.63) is 38.6 Å². The largest absolute Gasteiger partial charge is 0.356 e. The Balaban J connectivity index is 1.75. The monoisotopic (exact) mass is 323 g/mol. The molecule has 0 radical (unpaired) electrons. The van der Waals surface area contributed by atoms with Crippen LogP contribution in [0, 0.1) is 13.8 Å². The molecule has 6 heteroatoms. The van der Waals surface area contributed by atoms with Crippen molar-refractivity contribution in [3.8, 4) is 0 Å². The maximum absolute atomic E-state index is 12.5. The van der Waals surface area contributed by atoms with Crippen LogP contribution in [0.2, 0.25) is 5.02 Å². The summed E-state index contributed by atoms with van der Waals surface area (Å²) in [4.78, 5) is 23.2. The van der Waals surface area contributed by atoms with Gasteiger partial charge in [0.25, 0.3) is 5.91 Å². The number of nitrogens with zero attached hydrogens (tertiary/aromatic N) is 2. The molecule has 1 aliphatic heterocycles. The summed E-state index contributed by atoms with van der Waals surface area (Å²) >= 11 is 7.63. The second kappa shape index (κ2) is 5.81. The molecule has 0 spiro atoms. The lowest BCUT2D eigenvalue weighted by molar-refractivity contribution is 0.0702. The van der Waals surface area contributed by atoms with Crippen molar-refractivity contribution in [2.75, 3.05) is 13.1 Å². The Kier molecular flexibility index (Phi) is 4.04. The van der Waals surface area contributed by atoms with E-state index in [4.69, 9.17) is 11.6 Å².